The Bertz CT molecular complexity index is 706. The van der Waals surface area contributed by atoms with Gasteiger partial charge in [0.25, 0.3) is 0 Å². The van der Waals surface area contributed by atoms with Crippen molar-refractivity contribution < 1.29 is 19.8 Å². The van der Waals surface area contributed by atoms with E-state index >= 15 is 0 Å². The maximum atomic E-state index is 11.7. The monoisotopic (exact) mass is 329 g/mol. The minimum Gasteiger partial charge on any atom is -0.480 e. The normalized spacial score (nSPS) is 14.4. The molecule has 2 heterocycles. The van der Waals surface area contributed by atoms with Crippen LogP contribution in [-0.4, -0.2) is 43.6 Å². The Labute approximate surface area is 128 Å². The molecule has 2 aromatic rings. The summed E-state index contributed by atoms with van der Waals surface area (Å²) in [6.45, 7) is 1.28. The van der Waals surface area contributed by atoms with Gasteiger partial charge in [-0.25, -0.2) is 9.78 Å². The lowest BCUT2D eigenvalue weighted by Gasteiger charge is -2.15. The second-order valence-electron chi connectivity index (χ2n) is 4.24. The molecule has 2 atom stereocenters. The SMILES string of the molecule is C[C@@H](O)[C@H](NC(=O)/C=C/c1c(Cl)nc2sccn12)C(=O)O. The molecule has 0 aliphatic carbocycles. The van der Waals surface area contributed by atoms with E-state index in [1.807, 2.05) is 5.38 Å². The summed E-state index contributed by atoms with van der Waals surface area (Å²) in [7, 11) is 0. The number of halogens is 1. The van der Waals surface area contributed by atoms with Crippen LogP contribution in [0.15, 0.2) is 17.7 Å². The van der Waals surface area contributed by atoms with Gasteiger partial charge in [0, 0.05) is 17.7 Å². The predicted molar refractivity (Wildman–Crippen MR) is 78.4 cm³/mol. The molecule has 0 spiro atoms. The number of hydrogen-bond acceptors (Lipinski definition) is 5. The molecule has 3 N–H and O–H groups in total. The zero-order valence-corrected chi connectivity index (χ0v) is 12.4. The zero-order valence-electron chi connectivity index (χ0n) is 10.9. The first kappa shape index (κ1) is 15.5. The Morgan fingerprint density at radius 1 is 1.57 bits per heavy atom. The van der Waals surface area contributed by atoms with E-state index in [0.29, 0.717) is 10.7 Å². The van der Waals surface area contributed by atoms with Crippen LogP contribution in [0.25, 0.3) is 11.0 Å². The van der Waals surface area contributed by atoms with E-state index in [9.17, 15) is 14.7 Å². The molecule has 0 unspecified atom stereocenters. The third-order valence-corrected chi connectivity index (χ3v) is 3.73. The highest BCUT2D eigenvalue weighted by Gasteiger charge is 2.24. The Morgan fingerprint density at radius 3 is 2.90 bits per heavy atom. The third-order valence-electron chi connectivity index (χ3n) is 2.69. The van der Waals surface area contributed by atoms with E-state index in [1.165, 1.54) is 24.3 Å². The molecule has 1 amide bonds. The molecule has 21 heavy (non-hydrogen) atoms. The summed E-state index contributed by atoms with van der Waals surface area (Å²) in [6.07, 6.45) is 3.13. The minimum absolute atomic E-state index is 0.246. The highest BCUT2D eigenvalue weighted by molar-refractivity contribution is 7.15. The van der Waals surface area contributed by atoms with Crippen LogP contribution in [-0.2, 0) is 9.59 Å². The average molecular weight is 330 g/mol. The Hall–Kier alpha value is -1.90. The van der Waals surface area contributed by atoms with Crippen molar-refractivity contribution in [3.05, 3.63) is 28.5 Å². The highest BCUT2D eigenvalue weighted by Crippen LogP contribution is 2.22. The maximum Gasteiger partial charge on any atom is 0.328 e. The number of aliphatic hydroxyl groups is 1. The summed E-state index contributed by atoms with van der Waals surface area (Å²) < 4.78 is 1.71. The first-order valence-corrected chi connectivity index (χ1v) is 7.16. The van der Waals surface area contributed by atoms with Crippen molar-refractivity contribution in [2.24, 2.45) is 0 Å². The van der Waals surface area contributed by atoms with Gasteiger partial charge in [0.05, 0.1) is 11.8 Å². The van der Waals surface area contributed by atoms with Crippen molar-refractivity contribution in [1.82, 2.24) is 14.7 Å². The second kappa shape index (κ2) is 6.25. The molecule has 2 aromatic heterocycles. The average Bonchev–Trinajstić information content (AvgIpc) is 2.93. The number of nitrogens with one attached hydrogen (secondary N) is 1. The van der Waals surface area contributed by atoms with Crippen molar-refractivity contribution in [3.8, 4) is 0 Å². The molecule has 0 aliphatic rings. The number of carboxylic acid groups (broad SMARTS) is 1. The van der Waals surface area contributed by atoms with Gasteiger partial charge in [-0.1, -0.05) is 11.6 Å². The van der Waals surface area contributed by atoms with Gasteiger partial charge in [0.15, 0.2) is 16.2 Å². The fourth-order valence-electron chi connectivity index (χ4n) is 1.67. The first-order chi connectivity index (χ1) is 9.90. The largest absolute Gasteiger partial charge is 0.480 e. The van der Waals surface area contributed by atoms with Crippen molar-refractivity contribution >= 4 is 45.9 Å². The van der Waals surface area contributed by atoms with Gasteiger partial charge in [-0.3, -0.25) is 9.20 Å². The quantitative estimate of drug-likeness (QED) is 0.710. The molecule has 2 rings (SSSR count). The molecule has 0 radical (unpaired) electrons. The van der Waals surface area contributed by atoms with Crippen LogP contribution < -0.4 is 5.32 Å². The molecule has 7 nitrogen and oxygen atoms in total. The molecule has 0 aromatic carbocycles. The standard InChI is InChI=1S/C12H12ClN3O4S/c1-6(17)9(11(19)20)14-8(18)3-2-7-10(13)15-12-16(7)4-5-21-12/h2-6,9,17H,1H3,(H,14,18)(H,19,20)/b3-2+/t6-,9+/m1/s1. The number of hydrogen-bond donors (Lipinski definition) is 3. The number of aliphatic hydroxyl groups excluding tert-OH is 1. The van der Waals surface area contributed by atoms with Crippen LogP contribution >= 0.6 is 22.9 Å². The Kier molecular flexibility index (Phi) is 4.61. The van der Waals surface area contributed by atoms with Crippen molar-refractivity contribution in [2.75, 3.05) is 0 Å². The molecule has 0 saturated carbocycles. The van der Waals surface area contributed by atoms with E-state index in [4.69, 9.17) is 16.7 Å². The van der Waals surface area contributed by atoms with Crippen LogP contribution in [0.4, 0.5) is 0 Å². The van der Waals surface area contributed by atoms with Crippen molar-refractivity contribution in [1.29, 1.82) is 0 Å². The predicted octanol–water partition coefficient (Wildman–Crippen LogP) is 1.01. The van der Waals surface area contributed by atoms with Crippen LogP contribution in [0.5, 0.6) is 0 Å². The minimum atomic E-state index is -1.37. The van der Waals surface area contributed by atoms with E-state index in [-0.39, 0.29) is 5.15 Å². The first-order valence-electron chi connectivity index (χ1n) is 5.90. The van der Waals surface area contributed by atoms with E-state index in [1.54, 1.807) is 10.6 Å². The molecule has 0 aliphatic heterocycles. The smallest absolute Gasteiger partial charge is 0.328 e. The van der Waals surface area contributed by atoms with Crippen LogP contribution in [0, 0.1) is 0 Å². The van der Waals surface area contributed by atoms with Crippen molar-refractivity contribution in [3.63, 3.8) is 0 Å². The van der Waals surface area contributed by atoms with E-state index in [0.717, 1.165) is 6.08 Å². The number of fused-ring (bicyclic) bond motifs is 1. The fourth-order valence-corrected chi connectivity index (χ4v) is 2.68. The van der Waals surface area contributed by atoms with Gasteiger partial charge in [0.1, 0.15) is 0 Å². The van der Waals surface area contributed by atoms with Crippen LogP contribution in [0.1, 0.15) is 12.6 Å². The van der Waals surface area contributed by atoms with Crippen LogP contribution in [0.2, 0.25) is 5.15 Å². The van der Waals surface area contributed by atoms with Gasteiger partial charge < -0.3 is 15.5 Å². The number of carbonyl (C=O) groups is 2. The molecule has 9 heteroatoms. The van der Waals surface area contributed by atoms with Gasteiger partial charge >= 0.3 is 5.97 Å². The Balaban J connectivity index is 2.13. The topological polar surface area (TPSA) is 104 Å². The Morgan fingerprint density at radius 2 is 2.29 bits per heavy atom. The van der Waals surface area contributed by atoms with E-state index < -0.39 is 24.0 Å². The molecular weight excluding hydrogens is 318 g/mol. The number of aromatic nitrogens is 2. The fraction of sp³-hybridized carbons (Fsp3) is 0.250. The van der Waals surface area contributed by atoms with Gasteiger partial charge in [0.2, 0.25) is 5.91 Å². The molecule has 0 saturated heterocycles. The maximum absolute atomic E-state index is 11.7. The number of thiazole rings is 1. The molecule has 0 bridgehead atoms. The lowest BCUT2D eigenvalue weighted by Crippen LogP contribution is -2.47. The molecule has 0 fully saturated rings. The summed E-state index contributed by atoms with van der Waals surface area (Å²) in [5.41, 5.74) is 0.520. The summed E-state index contributed by atoms with van der Waals surface area (Å²) in [5.74, 6) is -1.96. The van der Waals surface area contributed by atoms with E-state index in [2.05, 4.69) is 10.3 Å². The number of carbonyl (C=O) groups excluding carboxylic acids is 1. The lowest BCUT2D eigenvalue weighted by atomic mass is 10.2. The highest BCUT2D eigenvalue weighted by atomic mass is 35.5. The van der Waals surface area contributed by atoms with Gasteiger partial charge in [-0.05, 0) is 13.0 Å². The molecule has 112 valence electrons. The number of nitrogens with zero attached hydrogens (tertiary/aromatic N) is 2. The van der Waals surface area contributed by atoms with Gasteiger partial charge in [-0.15, -0.1) is 11.3 Å². The number of carboxylic acids is 1. The van der Waals surface area contributed by atoms with Crippen LogP contribution in [0.3, 0.4) is 0 Å². The number of imidazole rings is 1. The van der Waals surface area contributed by atoms with Gasteiger partial charge in [-0.2, -0.15) is 0 Å². The number of amides is 1. The number of rotatable bonds is 5. The summed E-state index contributed by atoms with van der Waals surface area (Å²) >= 11 is 7.35. The molecular formula is C12H12ClN3O4S. The number of aliphatic carboxylic acids is 1. The lowest BCUT2D eigenvalue weighted by molar-refractivity contribution is -0.144. The summed E-state index contributed by atoms with van der Waals surface area (Å²) in [5, 5.41) is 22.4. The summed E-state index contributed by atoms with van der Waals surface area (Å²) in [4.78, 5) is 27.4. The third kappa shape index (κ3) is 3.41. The zero-order chi connectivity index (χ0) is 15.6. The second-order valence-corrected chi connectivity index (χ2v) is 5.47. The summed E-state index contributed by atoms with van der Waals surface area (Å²) in [6, 6.07) is -1.37. The van der Waals surface area contributed by atoms with Crippen molar-refractivity contribution in [2.45, 2.75) is 19.1 Å².